The van der Waals surface area contributed by atoms with Gasteiger partial charge in [-0.05, 0) is 84.1 Å². The highest BCUT2D eigenvalue weighted by Gasteiger charge is 2.26. The fraction of sp³-hybridized carbons (Fsp3) is 0.875. The first-order valence-electron chi connectivity index (χ1n) is 19.9. The number of piperidine rings is 2. The van der Waals surface area contributed by atoms with E-state index < -0.39 is 0 Å². The van der Waals surface area contributed by atoms with E-state index >= 15 is 0 Å². The van der Waals surface area contributed by atoms with Crippen LogP contribution in [0.3, 0.4) is 0 Å². The lowest BCUT2D eigenvalue weighted by molar-refractivity contribution is -0.691. The summed E-state index contributed by atoms with van der Waals surface area (Å²) in [6.45, 7) is 5.47. The van der Waals surface area contributed by atoms with Gasteiger partial charge in [0, 0.05) is 48.1 Å². The third-order valence-corrected chi connectivity index (χ3v) is 11.5. The fourth-order valence-corrected chi connectivity index (χ4v) is 8.46. The van der Waals surface area contributed by atoms with Gasteiger partial charge in [0.25, 0.3) is 0 Å². The molecule has 0 aliphatic carbocycles. The van der Waals surface area contributed by atoms with Crippen LogP contribution < -0.4 is 15.2 Å². The number of nitrogens with zero attached hydrogens (tertiary/aromatic N) is 1. The van der Waals surface area contributed by atoms with Gasteiger partial charge in [-0.25, -0.2) is 4.57 Å². The van der Waals surface area contributed by atoms with Crippen LogP contribution in [-0.2, 0) is 25.8 Å². The second-order valence-corrected chi connectivity index (χ2v) is 15.4. The van der Waals surface area contributed by atoms with Crippen LogP contribution >= 0.6 is 0 Å². The zero-order valence-corrected chi connectivity index (χ0v) is 29.6. The number of hydrogen-bond acceptors (Lipinski definition) is 4. The zero-order chi connectivity index (χ0) is 31.7. The number of fused-ring (bicyclic) bond motifs is 1. The number of aliphatic hydroxyl groups excluding tert-OH is 2. The van der Waals surface area contributed by atoms with Gasteiger partial charge in [-0.3, -0.25) is 0 Å². The maximum absolute atomic E-state index is 9.89. The lowest BCUT2D eigenvalue weighted by Gasteiger charge is -2.32. The van der Waals surface area contributed by atoms with E-state index in [9.17, 15) is 10.2 Å². The van der Waals surface area contributed by atoms with E-state index in [1.165, 1.54) is 148 Å². The lowest BCUT2D eigenvalue weighted by Crippen LogP contribution is -2.48. The number of rotatable bonds is 22. The van der Waals surface area contributed by atoms with Crippen molar-refractivity contribution in [2.75, 3.05) is 0 Å². The van der Waals surface area contributed by atoms with Crippen LogP contribution in [0, 0.1) is 0 Å². The summed E-state index contributed by atoms with van der Waals surface area (Å²) < 4.78 is 2.60. The topological polar surface area (TPSA) is 68.4 Å². The molecule has 3 aliphatic rings. The van der Waals surface area contributed by atoms with Crippen LogP contribution in [0.5, 0.6) is 0 Å². The Labute approximate surface area is 277 Å². The van der Waals surface area contributed by atoms with Crippen LogP contribution in [0.25, 0.3) is 0 Å². The van der Waals surface area contributed by atoms with Gasteiger partial charge in [0.2, 0.25) is 0 Å². The first-order chi connectivity index (χ1) is 22.0. The van der Waals surface area contributed by atoms with Crippen molar-refractivity contribution in [1.29, 1.82) is 0 Å². The summed E-state index contributed by atoms with van der Waals surface area (Å²) >= 11 is 0. The monoisotopic (exact) mass is 627 g/mol. The van der Waals surface area contributed by atoms with Crippen molar-refractivity contribution < 1.29 is 14.8 Å². The molecule has 2 saturated heterocycles. The predicted octanol–water partition coefficient (Wildman–Crippen LogP) is 8.03. The van der Waals surface area contributed by atoms with Gasteiger partial charge >= 0.3 is 0 Å². The van der Waals surface area contributed by atoms with E-state index in [2.05, 4.69) is 41.3 Å². The van der Waals surface area contributed by atoms with Crippen molar-refractivity contribution in [3.05, 3.63) is 29.1 Å². The number of hydrogen-bond donors (Lipinski definition) is 4. The maximum atomic E-state index is 9.89. The molecule has 4 heterocycles. The number of aromatic nitrogens is 1. The van der Waals surface area contributed by atoms with Crippen LogP contribution in [0.1, 0.15) is 178 Å². The molecule has 5 heteroatoms. The molecule has 0 aromatic carbocycles. The Morgan fingerprint density at radius 2 is 1.09 bits per heavy atom. The largest absolute Gasteiger partial charge is 0.392 e. The standard InChI is InChI=1S/C40H72N3O2/c1-32-39(44)27-25-36(41-32)22-17-13-9-5-3-7-11-15-20-34-30-35(38-24-19-29-43(38)31-34)21-16-12-8-4-6-10-14-18-23-37-26-28-40(45)33(2)42-37/h30-33,36-37,39-42,44-45H,3-29H2,1-2H3/q+1/t32-,33+,36+,37-,39-,40-/m1/s1. The van der Waals surface area contributed by atoms with E-state index in [4.69, 9.17) is 0 Å². The predicted molar refractivity (Wildman–Crippen MR) is 189 cm³/mol. The Bertz CT molecular complexity index is 938. The molecular weight excluding hydrogens is 554 g/mol. The molecule has 4 N–H and O–H groups in total. The quantitative estimate of drug-likeness (QED) is 0.0777. The SMILES string of the molecule is C[C@@H]1N[C@H](CCCCCCCCCCc2cc(CCCCCCCCCC[C@H]3CC[C@@H](O)[C@@H](C)N3)c[n+]3c2CCC3)CC[C@H]1O. The molecule has 6 atom stereocenters. The second kappa shape index (κ2) is 21.1. The van der Waals surface area contributed by atoms with Crippen molar-refractivity contribution in [3.63, 3.8) is 0 Å². The van der Waals surface area contributed by atoms with Gasteiger partial charge in [-0.15, -0.1) is 0 Å². The Morgan fingerprint density at radius 3 is 1.60 bits per heavy atom. The molecule has 1 aromatic rings. The summed E-state index contributed by atoms with van der Waals surface area (Å²) in [5, 5.41) is 27.0. The number of pyridine rings is 1. The molecule has 0 radical (unpaired) electrons. The van der Waals surface area contributed by atoms with Crippen molar-refractivity contribution in [3.8, 4) is 0 Å². The van der Waals surface area contributed by atoms with E-state index in [1.807, 2.05) is 0 Å². The molecule has 2 fully saturated rings. The Hall–Kier alpha value is -1.01. The molecule has 0 unspecified atom stereocenters. The maximum Gasteiger partial charge on any atom is 0.184 e. The molecule has 1 aromatic heterocycles. The van der Waals surface area contributed by atoms with E-state index in [0.717, 1.165) is 25.7 Å². The fourth-order valence-electron chi connectivity index (χ4n) is 8.46. The normalized spacial score (nSPS) is 26.8. The average molecular weight is 627 g/mol. The second-order valence-electron chi connectivity index (χ2n) is 15.4. The van der Waals surface area contributed by atoms with Crippen molar-refractivity contribution in [2.45, 2.75) is 224 Å². The summed E-state index contributed by atoms with van der Waals surface area (Å²) in [4.78, 5) is 0. The Balaban J connectivity index is 0.983. The molecule has 3 aliphatic heterocycles. The number of nitrogens with one attached hydrogen (secondary N) is 2. The van der Waals surface area contributed by atoms with Gasteiger partial charge in [-0.2, -0.15) is 0 Å². The van der Waals surface area contributed by atoms with Crippen molar-refractivity contribution in [1.82, 2.24) is 10.6 Å². The summed E-state index contributed by atoms with van der Waals surface area (Å²) in [5.41, 5.74) is 4.89. The van der Waals surface area contributed by atoms with Gasteiger partial charge in [0.1, 0.15) is 6.54 Å². The van der Waals surface area contributed by atoms with Crippen LogP contribution in [0.4, 0.5) is 0 Å². The number of aryl methyl sites for hydroxylation is 3. The lowest BCUT2D eigenvalue weighted by atomic mass is 9.93. The molecule has 0 bridgehead atoms. The minimum Gasteiger partial charge on any atom is -0.392 e. The van der Waals surface area contributed by atoms with Crippen molar-refractivity contribution in [2.24, 2.45) is 0 Å². The molecule has 45 heavy (non-hydrogen) atoms. The molecule has 0 amide bonds. The average Bonchev–Trinajstić information content (AvgIpc) is 3.51. The first-order valence-corrected chi connectivity index (χ1v) is 19.9. The van der Waals surface area contributed by atoms with E-state index in [-0.39, 0.29) is 24.3 Å². The summed E-state index contributed by atoms with van der Waals surface area (Å²) in [6, 6.07) is 4.38. The highest BCUT2D eigenvalue weighted by atomic mass is 16.3. The third kappa shape index (κ3) is 13.6. The molecule has 0 saturated carbocycles. The van der Waals surface area contributed by atoms with Crippen LogP contribution in [0.2, 0.25) is 0 Å². The highest BCUT2D eigenvalue weighted by Crippen LogP contribution is 2.22. The number of unbranched alkanes of at least 4 members (excludes halogenated alkanes) is 14. The van der Waals surface area contributed by atoms with E-state index in [1.54, 1.807) is 16.8 Å². The Morgan fingerprint density at radius 1 is 0.622 bits per heavy atom. The minimum atomic E-state index is -0.146. The molecule has 5 nitrogen and oxygen atoms in total. The smallest absolute Gasteiger partial charge is 0.184 e. The molecular formula is C40H72N3O2+. The zero-order valence-electron chi connectivity index (χ0n) is 29.6. The van der Waals surface area contributed by atoms with Crippen LogP contribution in [0.15, 0.2) is 12.3 Å². The van der Waals surface area contributed by atoms with E-state index in [0.29, 0.717) is 12.1 Å². The van der Waals surface area contributed by atoms with Gasteiger partial charge in [0.05, 0.1) is 12.2 Å². The van der Waals surface area contributed by atoms with Gasteiger partial charge in [0.15, 0.2) is 11.9 Å². The Kier molecular flexibility index (Phi) is 17.2. The highest BCUT2D eigenvalue weighted by molar-refractivity contribution is 5.23. The summed E-state index contributed by atoms with van der Waals surface area (Å²) in [5.74, 6) is 0. The minimum absolute atomic E-state index is 0.146. The van der Waals surface area contributed by atoms with Gasteiger partial charge in [-0.1, -0.05) is 89.9 Å². The molecule has 258 valence electrons. The number of aliphatic hydroxyl groups is 2. The van der Waals surface area contributed by atoms with Gasteiger partial charge < -0.3 is 20.8 Å². The summed E-state index contributed by atoms with van der Waals surface area (Å²) in [6.07, 6.45) is 36.2. The molecule has 0 spiro atoms. The summed E-state index contributed by atoms with van der Waals surface area (Å²) in [7, 11) is 0. The third-order valence-electron chi connectivity index (χ3n) is 11.5. The van der Waals surface area contributed by atoms with Crippen molar-refractivity contribution >= 4 is 0 Å². The van der Waals surface area contributed by atoms with Crippen LogP contribution in [-0.4, -0.2) is 46.6 Å². The first kappa shape index (κ1) is 36.8. The molecule has 4 rings (SSSR count).